The number of benzene rings is 2. The first-order chi connectivity index (χ1) is 11.6. The number of carbonyl (C=O) groups excluding carboxylic acids is 1. The van der Waals surface area contributed by atoms with E-state index in [2.05, 4.69) is 10.4 Å². The molecule has 1 amide bonds. The van der Waals surface area contributed by atoms with Crippen molar-refractivity contribution >= 4 is 11.6 Å². The molecular formula is C19H19N3O2. The molecule has 0 atom stereocenters. The maximum atomic E-state index is 12.5. The van der Waals surface area contributed by atoms with E-state index < -0.39 is 0 Å². The zero-order valence-corrected chi connectivity index (χ0v) is 13.9. The molecule has 2 aromatic carbocycles. The molecule has 0 aliphatic heterocycles. The van der Waals surface area contributed by atoms with Crippen molar-refractivity contribution in [3.05, 3.63) is 71.5 Å². The second kappa shape index (κ2) is 6.58. The molecule has 0 saturated carbocycles. The van der Waals surface area contributed by atoms with E-state index >= 15 is 0 Å². The number of carbonyl (C=O) groups is 1. The van der Waals surface area contributed by atoms with Crippen LogP contribution in [-0.2, 0) is 0 Å². The highest BCUT2D eigenvalue weighted by Gasteiger charge is 2.15. The van der Waals surface area contributed by atoms with E-state index in [-0.39, 0.29) is 5.91 Å². The number of nitrogens with zero attached hydrogens (tertiary/aromatic N) is 2. The molecule has 0 aliphatic carbocycles. The predicted molar refractivity (Wildman–Crippen MR) is 94.0 cm³/mol. The van der Waals surface area contributed by atoms with Crippen LogP contribution < -0.4 is 10.1 Å². The summed E-state index contributed by atoms with van der Waals surface area (Å²) in [5, 5.41) is 7.23. The van der Waals surface area contributed by atoms with Gasteiger partial charge in [0, 0.05) is 11.8 Å². The highest BCUT2D eigenvalue weighted by Crippen LogP contribution is 2.19. The third kappa shape index (κ3) is 3.15. The Morgan fingerprint density at radius 2 is 1.92 bits per heavy atom. The molecule has 3 rings (SSSR count). The van der Waals surface area contributed by atoms with Crippen molar-refractivity contribution in [3.63, 3.8) is 0 Å². The fourth-order valence-electron chi connectivity index (χ4n) is 2.55. The van der Waals surface area contributed by atoms with Gasteiger partial charge in [-0.25, -0.2) is 4.68 Å². The van der Waals surface area contributed by atoms with Crippen molar-refractivity contribution in [2.45, 2.75) is 13.8 Å². The number of amides is 1. The van der Waals surface area contributed by atoms with E-state index in [9.17, 15) is 4.79 Å². The summed E-state index contributed by atoms with van der Waals surface area (Å²) in [6, 6.07) is 15.3. The number of anilines is 1. The fourth-order valence-corrected chi connectivity index (χ4v) is 2.55. The minimum absolute atomic E-state index is 0.195. The first-order valence-electron chi connectivity index (χ1n) is 7.65. The zero-order valence-electron chi connectivity index (χ0n) is 13.9. The van der Waals surface area contributed by atoms with Gasteiger partial charge in [-0.3, -0.25) is 4.79 Å². The Hall–Kier alpha value is -3.08. The van der Waals surface area contributed by atoms with Gasteiger partial charge in [-0.1, -0.05) is 18.2 Å². The van der Waals surface area contributed by atoms with Crippen LogP contribution in [0.5, 0.6) is 5.75 Å². The lowest BCUT2D eigenvalue weighted by molar-refractivity contribution is 0.102. The molecule has 0 bridgehead atoms. The summed E-state index contributed by atoms with van der Waals surface area (Å²) < 4.78 is 6.94. The maximum absolute atomic E-state index is 12.5. The molecule has 122 valence electrons. The van der Waals surface area contributed by atoms with Crippen molar-refractivity contribution < 1.29 is 9.53 Å². The highest BCUT2D eigenvalue weighted by atomic mass is 16.5. The van der Waals surface area contributed by atoms with Crippen molar-refractivity contribution in [1.82, 2.24) is 9.78 Å². The molecule has 1 aromatic heterocycles. The SMILES string of the molecule is COc1cccc(NC(=O)c2cnn(-c3cccc(C)c3)c2C)c1. The molecule has 1 heterocycles. The summed E-state index contributed by atoms with van der Waals surface area (Å²) in [6.07, 6.45) is 1.59. The van der Waals surface area contributed by atoms with Crippen LogP contribution in [0.3, 0.4) is 0 Å². The Kier molecular flexibility index (Phi) is 4.33. The minimum atomic E-state index is -0.195. The number of ether oxygens (including phenoxy) is 1. The van der Waals surface area contributed by atoms with Crippen LogP contribution >= 0.6 is 0 Å². The molecule has 1 N–H and O–H groups in total. The van der Waals surface area contributed by atoms with Gasteiger partial charge >= 0.3 is 0 Å². The number of nitrogens with one attached hydrogen (secondary N) is 1. The van der Waals surface area contributed by atoms with Gasteiger partial charge in [0.05, 0.1) is 30.3 Å². The van der Waals surface area contributed by atoms with Crippen molar-refractivity contribution in [3.8, 4) is 11.4 Å². The smallest absolute Gasteiger partial charge is 0.259 e. The van der Waals surface area contributed by atoms with Crippen LogP contribution in [0.25, 0.3) is 5.69 Å². The number of aromatic nitrogens is 2. The Morgan fingerprint density at radius 1 is 1.12 bits per heavy atom. The van der Waals surface area contributed by atoms with E-state index in [1.165, 1.54) is 0 Å². The molecule has 0 radical (unpaired) electrons. The van der Waals surface area contributed by atoms with Gasteiger partial charge < -0.3 is 10.1 Å². The third-order valence-electron chi connectivity index (χ3n) is 3.83. The maximum Gasteiger partial charge on any atom is 0.259 e. The normalized spacial score (nSPS) is 10.5. The molecule has 0 saturated heterocycles. The van der Waals surface area contributed by atoms with Crippen LogP contribution in [0.1, 0.15) is 21.6 Å². The first kappa shape index (κ1) is 15.8. The van der Waals surface area contributed by atoms with Gasteiger partial charge in [0.25, 0.3) is 5.91 Å². The topological polar surface area (TPSA) is 56.1 Å². The van der Waals surface area contributed by atoms with Gasteiger partial charge in [-0.15, -0.1) is 0 Å². The van der Waals surface area contributed by atoms with Crippen LogP contribution in [-0.4, -0.2) is 22.8 Å². The molecular weight excluding hydrogens is 302 g/mol. The number of aryl methyl sites for hydroxylation is 1. The second-order valence-corrected chi connectivity index (χ2v) is 5.58. The van der Waals surface area contributed by atoms with Crippen molar-refractivity contribution in [2.75, 3.05) is 12.4 Å². The molecule has 0 fully saturated rings. The lowest BCUT2D eigenvalue weighted by Crippen LogP contribution is -2.13. The summed E-state index contributed by atoms with van der Waals surface area (Å²) in [5.74, 6) is 0.500. The van der Waals surface area contributed by atoms with E-state index in [4.69, 9.17) is 4.74 Å². The first-order valence-corrected chi connectivity index (χ1v) is 7.65. The second-order valence-electron chi connectivity index (χ2n) is 5.58. The fraction of sp³-hybridized carbons (Fsp3) is 0.158. The third-order valence-corrected chi connectivity index (χ3v) is 3.83. The van der Waals surface area contributed by atoms with Crippen LogP contribution in [0, 0.1) is 13.8 Å². The largest absolute Gasteiger partial charge is 0.497 e. The summed E-state index contributed by atoms with van der Waals surface area (Å²) in [4.78, 5) is 12.5. The molecule has 3 aromatic rings. The van der Waals surface area contributed by atoms with Crippen LogP contribution in [0.4, 0.5) is 5.69 Å². The number of hydrogen-bond acceptors (Lipinski definition) is 3. The molecule has 5 heteroatoms. The van der Waals surface area contributed by atoms with Gasteiger partial charge in [0.15, 0.2) is 0 Å². The van der Waals surface area contributed by atoms with Gasteiger partial charge in [0.2, 0.25) is 0 Å². The van der Waals surface area contributed by atoms with Crippen LogP contribution in [0.2, 0.25) is 0 Å². The Balaban J connectivity index is 1.86. The number of rotatable bonds is 4. The predicted octanol–water partition coefficient (Wildman–Crippen LogP) is 3.75. The summed E-state index contributed by atoms with van der Waals surface area (Å²) in [6.45, 7) is 3.91. The quantitative estimate of drug-likeness (QED) is 0.796. The Morgan fingerprint density at radius 3 is 2.67 bits per heavy atom. The zero-order chi connectivity index (χ0) is 17.1. The molecule has 0 aliphatic rings. The lowest BCUT2D eigenvalue weighted by atomic mass is 10.2. The van der Waals surface area contributed by atoms with Crippen molar-refractivity contribution in [2.24, 2.45) is 0 Å². The summed E-state index contributed by atoms with van der Waals surface area (Å²) in [7, 11) is 1.59. The lowest BCUT2D eigenvalue weighted by Gasteiger charge is -2.08. The standard InChI is InChI=1S/C19H19N3O2/c1-13-6-4-8-16(10-13)22-14(2)18(12-20-22)19(23)21-15-7-5-9-17(11-15)24-3/h4-12H,1-3H3,(H,21,23). The van der Waals surface area contributed by atoms with E-state index in [0.29, 0.717) is 17.0 Å². The average Bonchev–Trinajstić information content (AvgIpc) is 2.96. The van der Waals surface area contributed by atoms with E-state index in [1.54, 1.807) is 24.1 Å². The minimum Gasteiger partial charge on any atom is -0.497 e. The molecule has 0 unspecified atom stereocenters. The summed E-state index contributed by atoms with van der Waals surface area (Å²) in [5.41, 5.74) is 4.10. The number of hydrogen-bond donors (Lipinski definition) is 1. The highest BCUT2D eigenvalue weighted by molar-refractivity contribution is 6.05. The van der Waals surface area contributed by atoms with Gasteiger partial charge in [0.1, 0.15) is 5.75 Å². The van der Waals surface area contributed by atoms with E-state index in [0.717, 1.165) is 16.9 Å². The van der Waals surface area contributed by atoms with Gasteiger partial charge in [-0.05, 0) is 43.7 Å². The molecule has 5 nitrogen and oxygen atoms in total. The average molecular weight is 321 g/mol. The Labute approximate surface area is 140 Å². The molecule has 24 heavy (non-hydrogen) atoms. The van der Waals surface area contributed by atoms with Gasteiger partial charge in [-0.2, -0.15) is 5.10 Å². The summed E-state index contributed by atoms with van der Waals surface area (Å²) >= 11 is 0. The number of methoxy groups -OCH3 is 1. The Bertz CT molecular complexity index is 884. The molecule has 0 spiro atoms. The van der Waals surface area contributed by atoms with E-state index in [1.807, 2.05) is 56.3 Å². The van der Waals surface area contributed by atoms with Crippen molar-refractivity contribution in [1.29, 1.82) is 0 Å². The monoisotopic (exact) mass is 321 g/mol. The van der Waals surface area contributed by atoms with Crippen LogP contribution in [0.15, 0.2) is 54.7 Å².